The Morgan fingerprint density at radius 3 is 1.00 bits per heavy atom. The first-order valence-electron chi connectivity index (χ1n) is 1.43. The number of rotatable bonds is 0. The fourth-order valence-corrected chi connectivity index (χ4v) is 0. The van der Waals surface area contributed by atoms with Gasteiger partial charge in [-0.25, -0.2) is 0 Å². The number of carbonyl (C=O) groups is 2. The van der Waals surface area contributed by atoms with Gasteiger partial charge in [-0.3, -0.25) is 9.59 Å². The van der Waals surface area contributed by atoms with E-state index >= 15 is 0 Å². The Bertz CT molecular complexity index is 78.6. The summed E-state index contributed by atoms with van der Waals surface area (Å²) in [5.41, 5.74) is 8.67. The van der Waals surface area contributed by atoms with Gasteiger partial charge in [-0.15, -0.1) is 0 Å². The van der Waals surface area contributed by atoms with Gasteiger partial charge in [0.15, 0.2) is 0 Å². The molecule has 0 atom stereocenters. The Morgan fingerprint density at radius 1 is 1.00 bits per heavy atom. The van der Waals surface area contributed by atoms with Gasteiger partial charge in [0.05, 0.1) is 0 Å². The topological polar surface area (TPSA) is 86.2 Å². The predicted octanol–water partition coefficient (Wildman–Crippen LogP) is -0.391. The zero-order chi connectivity index (χ0) is 7.15. The third-order valence-electron chi connectivity index (χ3n) is 0. The first-order valence-corrected chi connectivity index (χ1v) is 2.33. The first kappa shape index (κ1) is 16.2. The van der Waals surface area contributed by atoms with Crippen LogP contribution in [-0.2, 0) is 0 Å². The summed E-state index contributed by atoms with van der Waals surface area (Å²) in [5, 5.41) is -1.28. The van der Waals surface area contributed by atoms with Gasteiger partial charge in [0.1, 0.15) is 0 Å². The summed E-state index contributed by atoms with van der Waals surface area (Å²) >= 11 is 6.21. The van der Waals surface area contributed by atoms with Crippen LogP contribution in [0.25, 0.3) is 0 Å². The van der Waals surface area contributed by atoms with E-state index in [4.69, 9.17) is 9.59 Å². The molecule has 0 bridgehead atoms. The fraction of sp³-hybridized carbons (Fsp3) is 0. The molecule has 0 aromatic rings. The fourth-order valence-electron chi connectivity index (χ4n) is 0. The molecule has 0 aromatic carbocycles. The van der Waals surface area contributed by atoms with Crippen molar-refractivity contribution in [2.24, 2.45) is 11.5 Å². The van der Waals surface area contributed by atoms with Crippen LogP contribution in [0.4, 0.5) is 9.59 Å². The molecular formula is C2H6N2O2S2Te. The molecule has 7 heteroatoms. The molecule has 0 saturated heterocycles. The zero-order valence-electron chi connectivity index (χ0n) is 4.27. The molecule has 0 aliphatic heterocycles. The Balaban J connectivity index is -0.0000000720. The molecule has 0 unspecified atom stereocenters. The number of hydrogen-bond acceptors (Lipinski definition) is 2. The summed E-state index contributed by atoms with van der Waals surface area (Å²) in [5.74, 6) is 0. The minimum absolute atomic E-state index is 0. The zero-order valence-corrected chi connectivity index (χ0v) is 8.39. The van der Waals surface area contributed by atoms with Crippen LogP contribution in [0.2, 0.25) is 0 Å². The Hall–Kier alpha value is 0.430. The average molecular weight is 282 g/mol. The Kier molecular flexibility index (Phi) is 20.3. The van der Waals surface area contributed by atoms with Crippen LogP contribution in [0.1, 0.15) is 0 Å². The second-order valence-corrected chi connectivity index (χ2v) is 1.56. The molecule has 54 valence electrons. The standard InChI is InChI=1S/2CH3NOS.Te/c2*2-1(3)4;/h2*(H3,2,3,4);. The molecule has 0 heterocycles. The summed E-state index contributed by atoms with van der Waals surface area (Å²) in [6.07, 6.45) is 0. The van der Waals surface area contributed by atoms with Crippen LogP contribution in [-0.4, -0.2) is 34.1 Å². The largest absolute Gasteiger partial charge is 0.361 e. The molecule has 0 saturated carbocycles. The van der Waals surface area contributed by atoms with Crippen molar-refractivity contribution in [2.75, 3.05) is 0 Å². The van der Waals surface area contributed by atoms with Gasteiger partial charge in [-0.05, 0) is 0 Å². The van der Waals surface area contributed by atoms with Gasteiger partial charge in [0.25, 0.3) is 10.5 Å². The van der Waals surface area contributed by atoms with E-state index in [0.717, 1.165) is 0 Å². The van der Waals surface area contributed by atoms with E-state index in [1.807, 2.05) is 0 Å². The molecule has 9 heavy (non-hydrogen) atoms. The number of hydrogen-bond donors (Lipinski definition) is 4. The van der Waals surface area contributed by atoms with E-state index in [9.17, 15) is 0 Å². The summed E-state index contributed by atoms with van der Waals surface area (Å²) in [7, 11) is 0. The van der Waals surface area contributed by atoms with E-state index in [2.05, 4.69) is 36.7 Å². The number of thiol groups is 2. The van der Waals surface area contributed by atoms with Crippen molar-refractivity contribution in [1.29, 1.82) is 0 Å². The molecule has 0 aliphatic rings. The maximum Gasteiger partial charge on any atom is 0.273 e. The summed E-state index contributed by atoms with van der Waals surface area (Å²) in [6, 6.07) is 0. The van der Waals surface area contributed by atoms with Crippen LogP contribution >= 0.6 is 25.3 Å². The van der Waals surface area contributed by atoms with Gasteiger partial charge in [-0.1, -0.05) is 25.3 Å². The molecule has 0 rings (SSSR count). The number of primary amides is 2. The Morgan fingerprint density at radius 2 is 1.00 bits per heavy atom. The molecule has 4 nitrogen and oxygen atoms in total. The number of carbonyl (C=O) groups excluding carboxylic acids is 2. The van der Waals surface area contributed by atoms with Crippen LogP contribution in [0.5, 0.6) is 0 Å². The predicted molar refractivity (Wildman–Crippen MR) is 42.9 cm³/mol. The number of nitrogens with two attached hydrogens (primary N) is 2. The van der Waals surface area contributed by atoms with E-state index in [0.29, 0.717) is 0 Å². The van der Waals surface area contributed by atoms with Gasteiger partial charge in [0, 0.05) is 23.7 Å². The third-order valence-corrected chi connectivity index (χ3v) is 0. The van der Waals surface area contributed by atoms with Gasteiger partial charge < -0.3 is 11.5 Å². The molecular weight excluding hydrogens is 276 g/mol. The van der Waals surface area contributed by atoms with Crippen molar-refractivity contribution < 1.29 is 9.59 Å². The van der Waals surface area contributed by atoms with Gasteiger partial charge in [-0.2, -0.15) is 0 Å². The summed E-state index contributed by atoms with van der Waals surface area (Å²) in [4.78, 5) is 18.2. The molecule has 0 spiro atoms. The molecule has 2 amide bonds. The molecule has 2 radical (unpaired) electrons. The van der Waals surface area contributed by atoms with Crippen molar-refractivity contribution in [3.8, 4) is 0 Å². The van der Waals surface area contributed by atoms with Crippen LogP contribution in [0, 0.1) is 0 Å². The first-order chi connectivity index (χ1) is 3.46. The van der Waals surface area contributed by atoms with E-state index in [1.165, 1.54) is 0 Å². The maximum absolute atomic E-state index is 9.09. The molecule has 0 aromatic heterocycles. The summed E-state index contributed by atoms with van der Waals surface area (Å²) < 4.78 is 0. The van der Waals surface area contributed by atoms with Crippen molar-refractivity contribution in [3.63, 3.8) is 0 Å². The van der Waals surface area contributed by atoms with E-state index in [-0.39, 0.29) is 23.7 Å². The maximum atomic E-state index is 9.09. The van der Waals surface area contributed by atoms with E-state index < -0.39 is 10.5 Å². The third kappa shape index (κ3) is 1890. The second kappa shape index (κ2) is 11.3. The van der Waals surface area contributed by atoms with Gasteiger partial charge >= 0.3 is 0 Å². The molecule has 0 aliphatic carbocycles. The van der Waals surface area contributed by atoms with Gasteiger partial charge in [0.2, 0.25) is 0 Å². The smallest absolute Gasteiger partial charge is 0.273 e. The SMILES string of the molecule is NC(=O)S.NC(=O)S.[Te]. The van der Waals surface area contributed by atoms with Crippen LogP contribution in [0.15, 0.2) is 0 Å². The van der Waals surface area contributed by atoms with Crippen molar-refractivity contribution >= 4 is 59.4 Å². The Labute approximate surface area is 80.3 Å². The quantitative estimate of drug-likeness (QED) is 0.360. The second-order valence-electron chi connectivity index (χ2n) is 0.676. The molecule has 0 fully saturated rings. The van der Waals surface area contributed by atoms with Crippen LogP contribution < -0.4 is 11.5 Å². The van der Waals surface area contributed by atoms with Crippen LogP contribution in [0.3, 0.4) is 0 Å². The summed E-state index contributed by atoms with van der Waals surface area (Å²) in [6.45, 7) is 0. The van der Waals surface area contributed by atoms with Crippen molar-refractivity contribution in [2.45, 2.75) is 0 Å². The normalized spacial score (nSPS) is 5.56. The van der Waals surface area contributed by atoms with Crippen molar-refractivity contribution in [1.82, 2.24) is 0 Å². The minimum atomic E-state index is -0.639. The number of amides is 2. The monoisotopic (exact) mass is 284 g/mol. The minimum Gasteiger partial charge on any atom is -0.361 e. The van der Waals surface area contributed by atoms with Crippen molar-refractivity contribution in [3.05, 3.63) is 0 Å². The van der Waals surface area contributed by atoms with E-state index in [1.54, 1.807) is 0 Å². The molecule has 4 N–H and O–H groups in total. The average Bonchev–Trinajstić information content (AvgIpc) is 1.25.